The van der Waals surface area contributed by atoms with E-state index in [1.54, 1.807) is 0 Å². The van der Waals surface area contributed by atoms with E-state index in [4.69, 9.17) is 5.41 Å². The van der Waals surface area contributed by atoms with Crippen molar-refractivity contribution in [2.24, 2.45) is 0 Å². The Morgan fingerprint density at radius 1 is 0.434 bits per heavy atom. The number of anilines is 3. The van der Waals surface area contributed by atoms with Crippen LogP contribution in [0.3, 0.4) is 0 Å². The average molecular weight is 683 g/mol. The van der Waals surface area contributed by atoms with Crippen molar-refractivity contribution in [3.05, 3.63) is 185 Å². The van der Waals surface area contributed by atoms with Crippen LogP contribution in [0.15, 0.2) is 152 Å². The third-order valence-corrected chi connectivity index (χ3v) is 12.8. The molecule has 0 bridgehead atoms. The molecule has 7 aromatic rings. The van der Waals surface area contributed by atoms with Gasteiger partial charge in [0.15, 0.2) is 0 Å². The molecule has 0 radical (unpaired) electrons. The second-order valence-electron chi connectivity index (χ2n) is 15.5. The van der Waals surface area contributed by atoms with E-state index < -0.39 is 0 Å². The van der Waals surface area contributed by atoms with E-state index in [0.29, 0.717) is 5.71 Å². The lowest BCUT2D eigenvalue weighted by Gasteiger charge is -2.42. The fourth-order valence-electron chi connectivity index (χ4n) is 9.88. The zero-order valence-electron chi connectivity index (χ0n) is 30.8. The first-order valence-corrected chi connectivity index (χ1v) is 19.1. The summed E-state index contributed by atoms with van der Waals surface area (Å²) in [6.07, 6.45) is 2.12. The number of nitrogens with one attached hydrogen (secondary N) is 1. The summed E-state index contributed by atoms with van der Waals surface area (Å²) in [6.45, 7) is 9.36. The number of hydrogen-bond acceptors (Lipinski definition) is 2. The van der Waals surface area contributed by atoms with Crippen molar-refractivity contribution in [3.8, 4) is 44.5 Å². The second kappa shape index (κ2) is 11.5. The fraction of sp³-hybridized carbons (Fsp3) is 0.157. The molecule has 0 fully saturated rings. The monoisotopic (exact) mass is 682 g/mol. The van der Waals surface area contributed by atoms with Gasteiger partial charge in [0.1, 0.15) is 0 Å². The number of hydrogen-bond donors (Lipinski definition) is 1. The van der Waals surface area contributed by atoms with Gasteiger partial charge in [0.25, 0.3) is 0 Å². The highest BCUT2D eigenvalue weighted by molar-refractivity contribution is 6.23. The highest BCUT2D eigenvalue weighted by Crippen LogP contribution is 2.55. The Morgan fingerprint density at radius 3 is 1.47 bits per heavy atom. The van der Waals surface area contributed by atoms with Gasteiger partial charge in [-0.05, 0) is 122 Å². The van der Waals surface area contributed by atoms with Gasteiger partial charge in [-0.2, -0.15) is 0 Å². The van der Waals surface area contributed by atoms with Crippen LogP contribution in [0.1, 0.15) is 73.9 Å². The van der Waals surface area contributed by atoms with Crippen LogP contribution in [0.25, 0.3) is 44.5 Å². The maximum absolute atomic E-state index is 8.78. The minimum Gasteiger partial charge on any atom is -0.310 e. The van der Waals surface area contributed by atoms with Crippen LogP contribution >= 0.6 is 0 Å². The predicted molar refractivity (Wildman–Crippen MR) is 222 cm³/mol. The molecule has 53 heavy (non-hydrogen) atoms. The zero-order valence-corrected chi connectivity index (χ0v) is 30.8. The first-order valence-electron chi connectivity index (χ1n) is 19.1. The molecule has 0 spiro atoms. The molecule has 3 aliphatic rings. The summed E-state index contributed by atoms with van der Waals surface area (Å²) in [7, 11) is 0. The smallest absolute Gasteiger partial charge is 0.0697 e. The van der Waals surface area contributed by atoms with Crippen molar-refractivity contribution in [1.29, 1.82) is 5.41 Å². The van der Waals surface area contributed by atoms with E-state index in [1.165, 1.54) is 72.7 Å². The highest BCUT2D eigenvalue weighted by Gasteiger charge is 2.41. The normalized spacial score (nSPS) is 15.2. The SMILES string of the molecule is CCC1(CC)c2ccc(-c3ccc(N4c5ccccc5C(C)(C)c5ccccc54)cc3)cc2-c2cc(-c3ccc4c(c3)-c3ccccc3C4=N)ccc21. The van der Waals surface area contributed by atoms with Crippen molar-refractivity contribution in [2.45, 2.75) is 51.4 Å². The molecule has 1 aliphatic heterocycles. The minimum absolute atomic E-state index is 0.000358. The number of benzene rings is 7. The molecule has 2 heteroatoms. The van der Waals surface area contributed by atoms with Crippen LogP contribution in [0, 0.1) is 5.41 Å². The predicted octanol–water partition coefficient (Wildman–Crippen LogP) is 13.6. The maximum Gasteiger partial charge on any atom is 0.0697 e. The summed E-state index contributed by atoms with van der Waals surface area (Å²) in [5, 5.41) is 8.78. The largest absolute Gasteiger partial charge is 0.310 e. The molecule has 10 rings (SSSR count). The number of para-hydroxylation sites is 2. The lowest BCUT2D eigenvalue weighted by atomic mass is 9.73. The molecular weight excluding hydrogens is 641 g/mol. The molecule has 0 unspecified atom stereocenters. The zero-order chi connectivity index (χ0) is 36.1. The van der Waals surface area contributed by atoms with Crippen LogP contribution in [0.2, 0.25) is 0 Å². The highest BCUT2D eigenvalue weighted by atomic mass is 15.2. The molecule has 7 aromatic carbocycles. The Hall–Kier alpha value is -5.99. The van der Waals surface area contributed by atoms with Gasteiger partial charge in [-0.1, -0.05) is 137 Å². The van der Waals surface area contributed by atoms with E-state index in [-0.39, 0.29) is 10.8 Å². The Bertz CT molecular complexity index is 2590. The lowest BCUT2D eigenvalue weighted by Crippen LogP contribution is -2.30. The van der Waals surface area contributed by atoms with Crippen LogP contribution in [0.4, 0.5) is 17.1 Å². The van der Waals surface area contributed by atoms with Crippen LogP contribution in [0.5, 0.6) is 0 Å². The number of fused-ring (bicyclic) bond motifs is 8. The topological polar surface area (TPSA) is 27.1 Å². The summed E-state index contributed by atoms with van der Waals surface area (Å²) in [5.41, 5.74) is 21.7. The van der Waals surface area contributed by atoms with Crippen molar-refractivity contribution in [3.63, 3.8) is 0 Å². The fourth-order valence-corrected chi connectivity index (χ4v) is 9.88. The quantitative estimate of drug-likeness (QED) is 0.192. The second-order valence-corrected chi connectivity index (χ2v) is 15.5. The van der Waals surface area contributed by atoms with Crippen molar-refractivity contribution in [1.82, 2.24) is 0 Å². The van der Waals surface area contributed by atoms with Gasteiger partial charge in [0.05, 0.1) is 17.1 Å². The molecule has 0 atom stereocenters. The van der Waals surface area contributed by atoms with Gasteiger partial charge in [-0.15, -0.1) is 0 Å². The molecule has 0 saturated heterocycles. The molecular formula is C51H42N2. The van der Waals surface area contributed by atoms with Crippen LogP contribution < -0.4 is 4.90 Å². The Labute approximate surface area is 312 Å². The van der Waals surface area contributed by atoms with E-state index in [9.17, 15) is 0 Å². The molecule has 1 heterocycles. The molecule has 256 valence electrons. The van der Waals surface area contributed by atoms with Crippen molar-refractivity contribution < 1.29 is 0 Å². The summed E-state index contributed by atoms with van der Waals surface area (Å²) in [4.78, 5) is 2.43. The summed E-state index contributed by atoms with van der Waals surface area (Å²) in [6, 6.07) is 56.1. The van der Waals surface area contributed by atoms with Crippen molar-refractivity contribution >= 4 is 22.8 Å². The molecule has 2 nitrogen and oxygen atoms in total. The van der Waals surface area contributed by atoms with Gasteiger partial charge in [0.2, 0.25) is 0 Å². The number of rotatable bonds is 5. The molecule has 2 aliphatic carbocycles. The number of nitrogens with zero attached hydrogens (tertiary/aromatic N) is 1. The summed E-state index contributed by atoms with van der Waals surface area (Å²) < 4.78 is 0. The molecule has 1 N–H and O–H groups in total. The Kier molecular flexibility index (Phi) is 6.89. The molecule has 0 aromatic heterocycles. The Morgan fingerprint density at radius 2 is 0.887 bits per heavy atom. The first-order chi connectivity index (χ1) is 25.8. The summed E-state index contributed by atoms with van der Waals surface area (Å²) in [5.74, 6) is 0. The first kappa shape index (κ1) is 31.7. The van der Waals surface area contributed by atoms with Crippen LogP contribution in [-0.2, 0) is 10.8 Å². The van der Waals surface area contributed by atoms with E-state index in [1.807, 2.05) is 6.07 Å². The average Bonchev–Trinajstić information content (AvgIpc) is 3.65. The van der Waals surface area contributed by atoms with Gasteiger partial charge in [-0.3, -0.25) is 5.41 Å². The van der Waals surface area contributed by atoms with Gasteiger partial charge < -0.3 is 4.90 Å². The standard InChI is InChI=1S/C51H42N2/c1-5-51(6-2)43-27-22-33(32-19-24-36(25-20-32)53-47-17-11-9-15-45(47)50(3,4)46-16-10-12-18-48(46)53)30-41(43)42-31-35(23-28-44(42)51)34-21-26-39-40(29-34)37-13-7-8-14-38(37)49(39)52/h7-31,52H,5-6H2,1-4H3. The van der Waals surface area contributed by atoms with Crippen LogP contribution in [-0.4, -0.2) is 5.71 Å². The molecule has 0 saturated carbocycles. The van der Waals surface area contributed by atoms with Gasteiger partial charge >= 0.3 is 0 Å². The maximum atomic E-state index is 8.78. The Balaban J connectivity index is 1.05. The van der Waals surface area contributed by atoms with E-state index >= 15 is 0 Å². The van der Waals surface area contributed by atoms with Crippen molar-refractivity contribution in [2.75, 3.05) is 4.90 Å². The van der Waals surface area contributed by atoms with E-state index in [2.05, 4.69) is 178 Å². The van der Waals surface area contributed by atoms with E-state index in [0.717, 1.165) is 35.1 Å². The third kappa shape index (κ3) is 4.42. The van der Waals surface area contributed by atoms with Gasteiger partial charge in [-0.25, -0.2) is 0 Å². The van der Waals surface area contributed by atoms with Gasteiger partial charge in [0, 0.05) is 27.6 Å². The summed E-state index contributed by atoms with van der Waals surface area (Å²) >= 11 is 0. The lowest BCUT2D eigenvalue weighted by molar-refractivity contribution is 0.490. The third-order valence-electron chi connectivity index (χ3n) is 12.8. The minimum atomic E-state index is -0.0769. The molecule has 0 amide bonds.